The zero-order valence-corrected chi connectivity index (χ0v) is 11.9. The van der Waals surface area contributed by atoms with Crippen LogP contribution in [0.3, 0.4) is 0 Å². The molecular weight excluding hydrogens is 236 g/mol. The smallest absolute Gasteiger partial charge is 0.204 e. The number of carbonyl (C=O) groups excluding carboxylic acids is 1. The van der Waals surface area contributed by atoms with Crippen LogP contribution in [0.2, 0.25) is 0 Å². The SMILES string of the molecule is CCc1cc(-c2ccccc2)n(CC)c1C.NC=O. The fourth-order valence-electron chi connectivity index (χ4n) is 2.31. The Balaban J connectivity index is 0.000000550. The van der Waals surface area contributed by atoms with Crippen molar-refractivity contribution in [3.63, 3.8) is 0 Å². The van der Waals surface area contributed by atoms with Crippen molar-refractivity contribution in [2.24, 2.45) is 5.73 Å². The highest BCUT2D eigenvalue weighted by Gasteiger charge is 2.10. The number of benzene rings is 1. The first-order valence-corrected chi connectivity index (χ1v) is 6.59. The van der Waals surface area contributed by atoms with Crippen molar-refractivity contribution in [3.05, 3.63) is 47.7 Å². The van der Waals surface area contributed by atoms with Gasteiger partial charge in [0, 0.05) is 17.9 Å². The van der Waals surface area contributed by atoms with Crippen LogP contribution in [-0.4, -0.2) is 11.0 Å². The van der Waals surface area contributed by atoms with Crippen LogP contribution in [0.1, 0.15) is 25.1 Å². The standard InChI is InChI=1S/C15H19N.CH3NO/c1-4-13-11-15(16(5-2)12(13)3)14-9-7-6-8-10-14;2-1-3/h6-11H,4-5H2,1-3H3;1H,(H2,2,3). The minimum absolute atomic E-state index is 0.250. The summed E-state index contributed by atoms with van der Waals surface area (Å²) in [7, 11) is 0. The zero-order chi connectivity index (χ0) is 14.3. The molecule has 2 aromatic rings. The molecule has 0 saturated carbocycles. The van der Waals surface area contributed by atoms with Crippen LogP contribution < -0.4 is 5.73 Å². The van der Waals surface area contributed by atoms with Gasteiger partial charge in [-0.3, -0.25) is 4.79 Å². The molecule has 102 valence electrons. The van der Waals surface area contributed by atoms with E-state index in [1.807, 2.05) is 0 Å². The first-order valence-electron chi connectivity index (χ1n) is 6.59. The number of aryl methyl sites for hydroxylation is 1. The molecular formula is C16H22N2O. The van der Waals surface area contributed by atoms with E-state index in [-0.39, 0.29) is 6.41 Å². The number of nitrogens with zero attached hydrogens (tertiary/aromatic N) is 1. The lowest BCUT2D eigenvalue weighted by Crippen LogP contribution is -1.99. The second-order valence-corrected chi connectivity index (χ2v) is 4.24. The number of hydrogen-bond acceptors (Lipinski definition) is 1. The summed E-state index contributed by atoms with van der Waals surface area (Å²) in [5.74, 6) is 0. The number of hydrogen-bond donors (Lipinski definition) is 1. The summed E-state index contributed by atoms with van der Waals surface area (Å²) >= 11 is 0. The fourth-order valence-corrected chi connectivity index (χ4v) is 2.31. The van der Waals surface area contributed by atoms with E-state index in [1.165, 1.54) is 22.5 Å². The van der Waals surface area contributed by atoms with E-state index in [0.717, 1.165) is 13.0 Å². The Labute approximate surface area is 115 Å². The molecule has 0 aliphatic rings. The third kappa shape index (κ3) is 3.47. The minimum Gasteiger partial charge on any atom is -0.372 e. The lowest BCUT2D eigenvalue weighted by molar-refractivity contribution is -0.106. The van der Waals surface area contributed by atoms with Crippen LogP contribution in [0, 0.1) is 6.92 Å². The third-order valence-electron chi connectivity index (χ3n) is 3.24. The number of rotatable bonds is 3. The Bertz CT molecular complexity index is 515. The maximum absolute atomic E-state index is 8.58. The van der Waals surface area contributed by atoms with Crippen molar-refractivity contribution in [1.29, 1.82) is 0 Å². The molecule has 2 rings (SSSR count). The summed E-state index contributed by atoms with van der Waals surface area (Å²) in [6.07, 6.45) is 1.36. The summed E-state index contributed by atoms with van der Waals surface area (Å²) in [6.45, 7) is 7.68. The highest BCUT2D eigenvalue weighted by molar-refractivity contribution is 5.62. The Morgan fingerprint density at radius 2 is 1.79 bits per heavy atom. The minimum atomic E-state index is 0.250. The van der Waals surface area contributed by atoms with Crippen LogP contribution in [0.15, 0.2) is 36.4 Å². The van der Waals surface area contributed by atoms with Gasteiger partial charge in [-0.15, -0.1) is 0 Å². The third-order valence-corrected chi connectivity index (χ3v) is 3.24. The molecule has 1 aromatic heterocycles. The van der Waals surface area contributed by atoms with E-state index < -0.39 is 0 Å². The lowest BCUT2D eigenvalue weighted by Gasteiger charge is -2.08. The normalized spacial score (nSPS) is 9.63. The molecule has 3 heteroatoms. The Hall–Kier alpha value is -2.03. The van der Waals surface area contributed by atoms with Gasteiger partial charge in [-0.1, -0.05) is 37.3 Å². The van der Waals surface area contributed by atoms with Crippen LogP contribution >= 0.6 is 0 Å². The average molecular weight is 258 g/mol. The second kappa shape index (κ2) is 7.41. The molecule has 1 heterocycles. The highest BCUT2D eigenvalue weighted by atomic mass is 16.1. The molecule has 0 saturated heterocycles. The molecule has 1 aromatic carbocycles. The van der Waals surface area contributed by atoms with Gasteiger partial charge in [-0.2, -0.15) is 0 Å². The average Bonchev–Trinajstić information content (AvgIpc) is 2.77. The Kier molecular flexibility index (Phi) is 5.86. The van der Waals surface area contributed by atoms with Crippen LogP contribution in [0.25, 0.3) is 11.3 Å². The van der Waals surface area contributed by atoms with Crippen LogP contribution in [-0.2, 0) is 17.8 Å². The summed E-state index contributed by atoms with van der Waals surface area (Å²) in [5, 5.41) is 0. The summed E-state index contributed by atoms with van der Waals surface area (Å²) in [5.41, 5.74) is 9.69. The molecule has 19 heavy (non-hydrogen) atoms. The Morgan fingerprint density at radius 1 is 1.21 bits per heavy atom. The van der Waals surface area contributed by atoms with Gasteiger partial charge < -0.3 is 10.3 Å². The summed E-state index contributed by atoms with van der Waals surface area (Å²) in [6, 6.07) is 13.0. The van der Waals surface area contributed by atoms with Crippen molar-refractivity contribution in [3.8, 4) is 11.3 Å². The van der Waals surface area contributed by atoms with Crippen molar-refractivity contribution in [1.82, 2.24) is 4.57 Å². The monoisotopic (exact) mass is 258 g/mol. The van der Waals surface area contributed by atoms with Gasteiger partial charge in [0.05, 0.1) is 0 Å². The first-order chi connectivity index (χ1) is 9.19. The van der Waals surface area contributed by atoms with E-state index in [1.54, 1.807) is 0 Å². The van der Waals surface area contributed by atoms with Gasteiger partial charge in [-0.05, 0) is 37.5 Å². The summed E-state index contributed by atoms with van der Waals surface area (Å²) in [4.78, 5) is 8.58. The molecule has 0 spiro atoms. The maximum atomic E-state index is 8.58. The molecule has 3 nitrogen and oxygen atoms in total. The van der Waals surface area contributed by atoms with Gasteiger partial charge in [-0.25, -0.2) is 0 Å². The van der Waals surface area contributed by atoms with Crippen molar-refractivity contribution in [2.75, 3.05) is 0 Å². The largest absolute Gasteiger partial charge is 0.372 e. The predicted octanol–water partition coefficient (Wildman–Crippen LogP) is 3.15. The van der Waals surface area contributed by atoms with Gasteiger partial charge in [0.2, 0.25) is 6.41 Å². The molecule has 0 aliphatic heterocycles. The fraction of sp³-hybridized carbons (Fsp3) is 0.312. The van der Waals surface area contributed by atoms with E-state index in [2.05, 4.69) is 67.5 Å². The molecule has 0 bridgehead atoms. The van der Waals surface area contributed by atoms with E-state index in [0.29, 0.717) is 0 Å². The molecule has 0 unspecified atom stereocenters. The maximum Gasteiger partial charge on any atom is 0.204 e. The van der Waals surface area contributed by atoms with Crippen molar-refractivity contribution < 1.29 is 4.79 Å². The van der Waals surface area contributed by atoms with Gasteiger partial charge in [0.15, 0.2) is 0 Å². The van der Waals surface area contributed by atoms with Crippen molar-refractivity contribution >= 4 is 6.41 Å². The number of primary amides is 1. The van der Waals surface area contributed by atoms with Gasteiger partial charge >= 0.3 is 0 Å². The number of aromatic nitrogens is 1. The number of carbonyl (C=O) groups is 1. The quantitative estimate of drug-likeness (QED) is 0.845. The number of amides is 1. The predicted molar refractivity (Wildman–Crippen MR) is 79.9 cm³/mol. The molecule has 2 N–H and O–H groups in total. The van der Waals surface area contributed by atoms with Gasteiger partial charge in [0.1, 0.15) is 0 Å². The topological polar surface area (TPSA) is 48.0 Å². The first kappa shape index (κ1) is 15.0. The van der Waals surface area contributed by atoms with Crippen LogP contribution in [0.4, 0.5) is 0 Å². The zero-order valence-electron chi connectivity index (χ0n) is 11.9. The Morgan fingerprint density at radius 3 is 2.26 bits per heavy atom. The molecule has 0 radical (unpaired) electrons. The van der Waals surface area contributed by atoms with E-state index >= 15 is 0 Å². The lowest BCUT2D eigenvalue weighted by atomic mass is 10.1. The number of nitrogens with two attached hydrogens (primary N) is 1. The van der Waals surface area contributed by atoms with E-state index in [9.17, 15) is 0 Å². The van der Waals surface area contributed by atoms with Crippen LogP contribution in [0.5, 0.6) is 0 Å². The highest BCUT2D eigenvalue weighted by Crippen LogP contribution is 2.25. The van der Waals surface area contributed by atoms with Crippen molar-refractivity contribution in [2.45, 2.75) is 33.7 Å². The molecule has 0 atom stereocenters. The van der Waals surface area contributed by atoms with Gasteiger partial charge in [0.25, 0.3) is 0 Å². The molecule has 0 aliphatic carbocycles. The second-order valence-electron chi connectivity index (χ2n) is 4.24. The molecule has 1 amide bonds. The summed E-state index contributed by atoms with van der Waals surface area (Å²) < 4.78 is 2.40. The molecule has 0 fully saturated rings. The van der Waals surface area contributed by atoms with E-state index in [4.69, 9.17) is 4.79 Å².